The molecule has 0 N–H and O–H groups in total. The van der Waals surface area contributed by atoms with Crippen molar-refractivity contribution in [1.29, 1.82) is 0 Å². The first-order valence-corrected chi connectivity index (χ1v) is 14.1. The number of hydrogen-bond donors (Lipinski definition) is 0. The number of fused-ring (bicyclic) bond motifs is 8. The number of alkyl halides is 3. The maximum Gasteiger partial charge on any atom is 0.435 e. The van der Waals surface area contributed by atoms with Crippen LogP contribution in [0.5, 0.6) is 0 Å². The second kappa shape index (κ2) is 9.33. The van der Waals surface area contributed by atoms with Crippen molar-refractivity contribution in [3.05, 3.63) is 174 Å². The molecule has 8 rings (SSSR count). The van der Waals surface area contributed by atoms with E-state index in [0.29, 0.717) is 11.4 Å². The van der Waals surface area contributed by atoms with Gasteiger partial charge in [0, 0.05) is 11.9 Å². The molecular formula is C37H24F3N3. The van der Waals surface area contributed by atoms with Gasteiger partial charge >= 0.3 is 6.18 Å². The van der Waals surface area contributed by atoms with Gasteiger partial charge in [0.05, 0.1) is 33.9 Å². The van der Waals surface area contributed by atoms with Gasteiger partial charge in [-0.3, -0.25) is 0 Å². The molecule has 0 saturated carbocycles. The highest BCUT2D eigenvalue weighted by molar-refractivity contribution is 5.96. The molecule has 3 nitrogen and oxygen atoms in total. The summed E-state index contributed by atoms with van der Waals surface area (Å²) in [5.41, 5.74) is 6.60. The second-order valence-corrected chi connectivity index (χ2v) is 10.7. The average molecular weight is 568 g/mol. The van der Waals surface area contributed by atoms with Crippen LogP contribution in [0.1, 0.15) is 27.9 Å². The van der Waals surface area contributed by atoms with Gasteiger partial charge in [-0.2, -0.15) is 13.2 Å². The zero-order valence-electron chi connectivity index (χ0n) is 22.8. The van der Waals surface area contributed by atoms with Gasteiger partial charge in [0.2, 0.25) is 0 Å². The van der Waals surface area contributed by atoms with Crippen molar-refractivity contribution in [3.63, 3.8) is 0 Å². The van der Waals surface area contributed by atoms with Gasteiger partial charge in [0.15, 0.2) is 5.69 Å². The summed E-state index contributed by atoms with van der Waals surface area (Å²) in [6.07, 6.45) is -3.43. The zero-order chi connectivity index (χ0) is 29.2. The Balaban J connectivity index is 1.51. The fraction of sp³-hybridized carbons (Fsp3) is 0.0541. The molecule has 0 bridgehead atoms. The molecule has 0 amide bonds. The number of anilines is 6. The minimum Gasteiger partial charge on any atom is -0.310 e. The van der Waals surface area contributed by atoms with E-state index in [-0.39, 0.29) is 5.69 Å². The number of halogens is 3. The van der Waals surface area contributed by atoms with Crippen LogP contribution in [0.2, 0.25) is 0 Å². The lowest BCUT2D eigenvalue weighted by Crippen LogP contribution is -2.42. The first-order chi connectivity index (χ1) is 21.0. The largest absolute Gasteiger partial charge is 0.435 e. The Labute approximate surface area is 247 Å². The molecule has 3 heterocycles. The lowest BCUT2D eigenvalue weighted by molar-refractivity contribution is -0.140. The fourth-order valence-electron chi connectivity index (χ4n) is 6.98. The topological polar surface area (TPSA) is 19.4 Å². The number of aromatic nitrogens is 1. The standard InChI is InChI=1S/C37H24F3N3/c38-37(39,40)35-34(23-12-24-41-35)43-32-21-10-6-17-28(32)36(29-18-7-11-22-33(29)43)26-15-4-8-19-30(26)42(25-13-2-1-3-14-25)31-20-9-5-16-27(31)36/h1-24H. The van der Waals surface area contributed by atoms with Crippen molar-refractivity contribution in [2.45, 2.75) is 11.6 Å². The third-order valence-corrected chi connectivity index (χ3v) is 8.51. The first-order valence-electron chi connectivity index (χ1n) is 14.1. The molecular weight excluding hydrogens is 543 g/mol. The molecule has 5 aromatic carbocycles. The summed E-state index contributed by atoms with van der Waals surface area (Å²) in [4.78, 5) is 7.81. The summed E-state index contributed by atoms with van der Waals surface area (Å²) in [7, 11) is 0. The van der Waals surface area contributed by atoms with Crippen molar-refractivity contribution < 1.29 is 13.2 Å². The molecule has 6 heteroatoms. The number of nitrogens with zero attached hydrogens (tertiary/aromatic N) is 3. The van der Waals surface area contributed by atoms with E-state index in [9.17, 15) is 13.2 Å². The van der Waals surface area contributed by atoms with Crippen LogP contribution in [0.3, 0.4) is 0 Å². The van der Waals surface area contributed by atoms with Crippen LogP contribution in [0.4, 0.5) is 47.3 Å². The minimum absolute atomic E-state index is 0.00644. The lowest BCUT2D eigenvalue weighted by Gasteiger charge is -2.51. The van der Waals surface area contributed by atoms with E-state index in [1.807, 2.05) is 91.0 Å². The van der Waals surface area contributed by atoms with Crippen LogP contribution in [0.15, 0.2) is 146 Å². The lowest BCUT2D eigenvalue weighted by atomic mass is 9.60. The predicted molar refractivity (Wildman–Crippen MR) is 164 cm³/mol. The monoisotopic (exact) mass is 567 g/mol. The van der Waals surface area contributed by atoms with Crippen molar-refractivity contribution in [2.24, 2.45) is 0 Å². The third kappa shape index (κ3) is 3.53. The summed E-state index contributed by atoms with van der Waals surface area (Å²) in [6, 6.07) is 45.6. The number of rotatable bonds is 2. The van der Waals surface area contributed by atoms with Gasteiger partial charge in [-0.15, -0.1) is 0 Å². The maximum atomic E-state index is 14.4. The van der Waals surface area contributed by atoms with Gasteiger partial charge < -0.3 is 9.80 Å². The molecule has 1 aromatic heterocycles. The van der Waals surface area contributed by atoms with Crippen LogP contribution in [0.25, 0.3) is 0 Å². The van der Waals surface area contributed by atoms with Crippen molar-refractivity contribution in [2.75, 3.05) is 9.80 Å². The van der Waals surface area contributed by atoms with Crippen LogP contribution < -0.4 is 9.80 Å². The molecule has 0 atom stereocenters. The highest BCUT2D eigenvalue weighted by Gasteiger charge is 2.52. The average Bonchev–Trinajstić information content (AvgIpc) is 3.05. The minimum atomic E-state index is -4.63. The summed E-state index contributed by atoms with van der Waals surface area (Å²) < 4.78 is 43.2. The van der Waals surface area contributed by atoms with Gasteiger partial charge in [-0.05, 0) is 70.8 Å². The van der Waals surface area contributed by atoms with Gasteiger partial charge in [0.1, 0.15) is 0 Å². The quantitative estimate of drug-likeness (QED) is 0.207. The molecule has 0 unspecified atom stereocenters. The fourth-order valence-corrected chi connectivity index (χ4v) is 6.98. The van der Waals surface area contributed by atoms with E-state index >= 15 is 0 Å². The first kappa shape index (κ1) is 25.4. The van der Waals surface area contributed by atoms with E-state index in [2.05, 4.69) is 46.3 Å². The molecule has 6 aromatic rings. The predicted octanol–water partition coefficient (Wildman–Crippen LogP) is 10.0. The van der Waals surface area contributed by atoms with Crippen LogP contribution in [-0.2, 0) is 11.6 Å². The smallest absolute Gasteiger partial charge is 0.310 e. The number of benzene rings is 5. The molecule has 2 aliphatic heterocycles. The van der Waals surface area contributed by atoms with Crippen LogP contribution in [0, 0.1) is 0 Å². The Kier molecular flexibility index (Phi) is 5.50. The number of para-hydroxylation sites is 5. The van der Waals surface area contributed by atoms with E-state index in [1.54, 1.807) is 11.0 Å². The number of pyridine rings is 1. The van der Waals surface area contributed by atoms with Gasteiger partial charge in [-0.1, -0.05) is 91.0 Å². The molecule has 0 saturated heterocycles. The van der Waals surface area contributed by atoms with Crippen molar-refractivity contribution in [1.82, 2.24) is 4.98 Å². The van der Waals surface area contributed by atoms with Gasteiger partial charge in [0.25, 0.3) is 0 Å². The number of hydrogen-bond acceptors (Lipinski definition) is 3. The Morgan fingerprint density at radius 1 is 0.442 bits per heavy atom. The molecule has 2 aliphatic rings. The zero-order valence-corrected chi connectivity index (χ0v) is 22.8. The highest BCUT2D eigenvalue weighted by Crippen LogP contribution is 2.64. The molecule has 0 radical (unpaired) electrons. The molecule has 1 spiro atoms. The Morgan fingerprint density at radius 3 is 1.30 bits per heavy atom. The Bertz CT molecular complexity index is 1900. The summed E-state index contributed by atoms with van der Waals surface area (Å²) in [5, 5.41) is 0. The van der Waals surface area contributed by atoms with E-state index in [1.165, 1.54) is 12.3 Å². The molecule has 208 valence electrons. The summed E-state index contributed by atoms with van der Waals surface area (Å²) >= 11 is 0. The second-order valence-electron chi connectivity index (χ2n) is 10.7. The normalized spacial score (nSPS) is 14.5. The highest BCUT2D eigenvalue weighted by atomic mass is 19.4. The summed E-state index contributed by atoms with van der Waals surface area (Å²) in [6.45, 7) is 0. The third-order valence-electron chi connectivity index (χ3n) is 8.51. The van der Waals surface area contributed by atoms with Gasteiger partial charge in [-0.25, -0.2) is 4.98 Å². The Morgan fingerprint density at radius 2 is 0.837 bits per heavy atom. The summed E-state index contributed by atoms with van der Waals surface area (Å²) in [5.74, 6) is 0. The van der Waals surface area contributed by atoms with Crippen molar-refractivity contribution >= 4 is 34.1 Å². The van der Waals surface area contributed by atoms with Crippen LogP contribution >= 0.6 is 0 Å². The van der Waals surface area contributed by atoms with E-state index < -0.39 is 17.3 Å². The van der Waals surface area contributed by atoms with E-state index in [4.69, 9.17) is 0 Å². The molecule has 43 heavy (non-hydrogen) atoms. The maximum absolute atomic E-state index is 14.4. The van der Waals surface area contributed by atoms with E-state index in [0.717, 1.165) is 39.3 Å². The Hall–Kier alpha value is -5.36. The van der Waals surface area contributed by atoms with Crippen LogP contribution in [-0.4, -0.2) is 4.98 Å². The molecule has 0 fully saturated rings. The van der Waals surface area contributed by atoms with Crippen molar-refractivity contribution in [3.8, 4) is 0 Å². The molecule has 0 aliphatic carbocycles. The SMILES string of the molecule is FC(F)(F)c1ncccc1N1c2ccccc2C2(c3ccccc3N(c3ccccc3)c3ccccc32)c2ccccc21.